The molecule has 150 valence electrons. The van der Waals surface area contributed by atoms with Crippen LogP contribution in [0.2, 0.25) is 0 Å². The Morgan fingerprint density at radius 2 is 1.78 bits per heavy atom. The highest BCUT2D eigenvalue weighted by atomic mass is 127. The second-order valence-corrected chi connectivity index (χ2v) is 5.89. The zero-order valence-corrected chi connectivity index (χ0v) is 18.3. The predicted octanol–water partition coefficient (Wildman–Crippen LogP) is 3.99. The molecule has 0 bridgehead atoms. The van der Waals surface area contributed by atoms with Crippen molar-refractivity contribution in [2.45, 2.75) is 46.6 Å². The van der Waals surface area contributed by atoms with Gasteiger partial charge in [0.1, 0.15) is 17.4 Å². The third kappa shape index (κ3) is 7.08. The lowest BCUT2D eigenvalue weighted by Crippen LogP contribution is -2.38. The number of halogens is 3. The minimum atomic E-state index is -0.563. The van der Waals surface area contributed by atoms with Gasteiger partial charge in [0, 0.05) is 31.1 Å². The second-order valence-electron chi connectivity index (χ2n) is 5.89. The van der Waals surface area contributed by atoms with Crippen molar-refractivity contribution in [2.24, 2.45) is 4.99 Å². The number of aliphatic imine (C=N–C) groups is 1. The van der Waals surface area contributed by atoms with Crippen LogP contribution in [0.25, 0.3) is 0 Å². The van der Waals surface area contributed by atoms with E-state index >= 15 is 0 Å². The number of aryl methyl sites for hydroxylation is 2. The smallest absolute Gasteiger partial charge is 0.191 e. The van der Waals surface area contributed by atoms with Gasteiger partial charge >= 0.3 is 0 Å². The summed E-state index contributed by atoms with van der Waals surface area (Å²) in [5, 5.41) is 10.4. The van der Waals surface area contributed by atoms with Crippen molar-refractivity contribution in [1.29, 1.82) is 0 Å². The SMILES string of the molecule is CCNC(=NCc1c(CC)noc1CC)NCCc1cc(F)cc(F)c1.I. The summed E-state index contributed by atoms with van der Waals surface area (Å²) in [5.74, 6) is 0.380. The monoisotopic (exact) mass is 492 g/mol. The van der Waals surface area contributed by atoms with Gasteiger partial charge in [-0.1, -0.05) is 19.0 Å². The largest absolute Gasteiger partial charge is 0.361 e. The molecule has 0 aliphatic heterocycles. The molecule has 0 atom stereocenters. The summed E-state index contributed by atoms with van der Waals surface area (Å²) >= 11 is 0. The maximum Gasteiger partial charge on any atom is 0.191 e. The van der Waals surface area contributed by atoms with Crippen LogP contribution in [0.1, 0.15) is 43.4 Å². The molecule has 0 fully saturated rings. The van der Waals surface area contributed by atoms with Crippen LogP contribution in [0, 0.1) is 11.6 Å². The molecule has 0 aliphatic rings. The van der Waals surface area contributed by atoms with E-state index in [4.69, 9.17) is 4.52 Å². The fraction of sp³-hybridized carbons (Fsp3) is 0.474. The normalized spacial score (nSPS) is 11.2. The lowest BCUT2D eigenvalue weighted by Gasteiger charge is -2.11. The molecule has 0 unspecified atom stereocenters. The summed E-state index contributed by atoms with van der Waals surface area (Å²) in [6, 6.07) is 3.55. The zero-order chi connectivity index (χ0) is 18.9. The number of hydrogen-bond acceptors (Lipinski definition) is 3. The van der Waals surface area contributed by atoms with Gasteiger partial charge in [-0.25, -0.2) is 13.8 Å². The first-order valence-corrected chi connectivity index (χ1v) is 9.00. The van der Waals surface area contributed by atoms with Crippen LogP contribution < -0.4 is 10.6 Å². The summed E-state index contributed by atoms with van der Waals surface area (Å²) in [6.07, 6.45) is 2.06. The molecule has 0 spiro atoms. The lowest BCUT2D eigenvalue weighted by atomic mass is 10.1. The molecule has 2 aromatic rings. The highest BCUT2D eigenvalue weighted by Crippen LogP contribution is 2.16. The van der Waals surface area contributed by atoms with E-state index in [0.29, 0.717) is 37.6 Å². The number of aromatic nitrogens is 1. The van der Waals surface area contributed by atoms with Gasteiger partial charge in [-0.3, -0.25) is 0 Å². The highest BCUT2D eigenvalue weighted by molar-refractivity contribution is 14.0. The molecular weight excluding hydrogens is 465 g/mol. The van der Waals surface area contributed by atoms with Gasteiger partial charge in [-0.05, 0) is 37.5 Å². The molecule has 1 aromatic heterocycles. The number of rotatable bonds is 8. The Balaban J connectivity index is 0.00000364. The van der Waals surface area contributed by atoms with Gasteiger partial charge in [-0.15, -0.1) is 24.0 Å². The fourth-order valence-electron chi connectivity index (χ4n) is 2.70. The molecule has 27 heavy (non-hydrogen) atoms. The van der Waals surface area contributed by atoms with Gasteiger partial charge < -0.3 is 15.2 Å². The minimum absolute atomic E-state index is 0. The van der Waals surface area contributed by atoms with E-state index in [-0.39, 0.29) is 24.0 Å². The molecule has 8 heteroatoms. The Hall–Kier alpha value is -1.71. The third-order valence-electron chi connectivity index (χ3n) is 3.97. The van der Waals surface area contributed by atoms with Gasteiger partial charge in [0.2, 0.25) is 0 Å². The summed E-state index contributed by atoms with van der Waals surface area (Å²) in [6.45, 7) is 7.74. The summed E-state index contributed by atoms with van der Waals surface area (Å²) in [7, 11) is 0. The van der Waals surface area contributed by atoms with Crippen molar-refractivity contribution in [3.63, 3.8) is 0 Å². The fourth-order valence-corrected chi connectivity index (χ4v) is 2.70. The molecular formula is C19H27F2IN4O. The maximum absolute atomic E-state index is 13.2. The van der Waals surface area contributed by atoms with E-state index in [0.717, 1.165) is 35.9 Å². The highest BCUT2D eigenvalue weighted by Gasteiger charge is 2.13. The Kier molecular flexibility index (Phi) is 10.3. The zero-order valence-electron chi connectivity index (χ0n) is 15.9. The van der Waals surface area contributed by atoms with Crippen LogP contribution in [-0.2, 0) is 25.8 Å². The van der Waals surface area contributed by atoms with Crippen molar-refractivity contribution in [2.75, 3.05) is 13.1 Å². The van der Waals surface area contributed by atoms with E-state index < -0.39 is 11.6 Å². The molecule has 0 saturated heterocycles. The average molecular weight is 492 g/mol. The second kappa shape index (κ2) is 11.9. The van der Waals surface area contributed by atoms with Crippen molar-refractivity contribution < 1.29 is 13.3 Å². The Labute approximate surface area is 176 Å². The first kappa shape index (κ1) is 23.3. The van der Waals surface area contributed by atoms with Crippen molar-refractivity contribution in [3.05, 3.63) is 52.4 Å². The van der Waals surface area contributed by atoms with E-state index in [1.807, 2.05) is 20.8 Å². The summed E-state index contributed by atoms with van der Waals surface area (Å²) < 4.78 is 31.8. The van der Waals surface area contributed by atoms with Gasteiger partial charge in [-0.2, -0.15) is 0 Å². The molecule has 1 heterocycles. The van der Waals surface area contributed by atoms with Crippen LogP contribution in [0.5, 0.6) is 0 Å². The Morgan fingerprint density at radius 3 is 2.37 bits per heavy atom. The number of benzene rings is 1. The molecule has 5 nitrogen and oxygen atoms in total. The quantitative estimate of drug-likeness (QED) is 0.333. The molecule has 1 aromatic carbocycles. The van der Waals surface area contributed by atoms with Gasteiger partial charge in [0.15, 0.2) is 5.96 Å². The molecule has 0 saturated carbocycles. The molecule has 2 N–H and O–H groups in total. The van der Waals surface area contributed by atoms with Crippen molar-refractivity contribution >= 4 is 29.9 Å². The maximum atomic E-state index is 13.2. The van der Waals surface area contributed by atoms with Gasteiger partial charge in [0.05, 0.1) is 12.2 Å². The van der Waals surface area contributed by atoms with Crippen LogP contribution in [0.4, 0.5) is 8.78 Å². The van der Waals surface area contributed by atoms with Crippen molar-refractivity contribution in [1.82, 2.24) is 15.8 Å². The first-order chi connectivity index (χ1) is 12.6. The first-order valence-electron chi connectivity index (χ1n) is 9.00. The lowest BCUT2D eigenvalue weighted by molar-refractivity contribution is 0.380. The van der Waals surface area contributed by atoms with E-state index in [9.17, 15) is 8.78 Å². The van der Waals surface area contributed by atoms with E-state index in [1.54, 1.807) is 0 Å². The number of guanidine groups is 1. The Morgan fingerprint density at radius 1 is 1.07 bits per heavy atom. The van der Waals surface area contributed by atoms with Crippen molar-refractivity contribution in [3.8, 4) is 0 Å². The topological polar surface area (TPSA) is 62.5 Å². The molecule has 0 aliphatic carbocycles. The van der Waals surface area contributed by atoms with E-state index in [1.165, 1.54) is 12.1 Å². The van der Waals surface area contributed by atoms with Crippen LogP contribution in [0.3, 0.4) is 0 Å². The summed E-state index contributed by atoms with van der Waals surface area (Å²) in [5.41, 5.74) is 2.56. The third-order valence-corrected chi connectivity index (χ3v) is 3.97. The summed E-state index contributed by atoms with van der Waals surface area (Å²) in [4.78, 5) is 4.59. The Bertz CT molecular complexity index is 708. The van der Waals surface area contributed by atoms with Crippen LogP contribution >= 0.6 is 24.0 Å². The average Bonchev–Trinajstić information content (AvgIpc) is 3.00. The number of nitrogens with zero attached hydrogens (tertiary/aromatic N) is 2. The standard InChI is InChI=1S/C19H26F2N4O.HI/c1-4-17-16(18(5-2)26-25-17)12-24-19(22-6-3)23-8-7-13-9-14(20)11-15(21)10-13;/h9-11H,4-8,12H2,1-3H3,(H2,22,23,24);1H. The molecule has 0 radical (unpaired) electrons. The number of hydrogen-bond donors (Lipinski definition) is 2. The van der Waals surface area contributed by atoms with Crippen LogP contribution in [-0.4, -0.2) is 24.2 Å². The van der Waals surface area contributed by atoms with Gasteiger partial charge in [0.25, 0.3) is 0 Å². The molecule has 2 rings (SSSR count). The number of nitrogens with one attached hydrogen (secondary N) is 2. The minimum Gasteiger partial charge on any atom is -0.361 e. The predicted molar refractivity (Wildman–Crippen MR) is 114 cm³/mol. The molecule has 0 amide bonds. The van der Waals surface area contributed by atoms with E-state index in [2.05, 4.69) is 20.8 Å². The van der Waals surface area contributed by atoms with Crippen LogP contribution in [0.15, 0.2) is 27.7 Å².